The van der Waals surface area contributed by atoms with Crippen molar-refractivity contribution in [2.45, 2.75) is 64.9 Å². The average molecular weight is 520 g/mol. The van der Waals surface area contributed by atoms with Gasteiger partial charge in [-0.25, -0.2) is 0 Å². The third kappa shape index (κ3) is 10.3. The van der Waals surface area contributed by atoms with Gasteiger partial charge in [0.05, 0.1) is 19.0 Å². The number of aliphatic imine (C=N–C) groups is 1. The molecule has 1 heterocycles. The summed E-state index contributed by atoms with van der Waals surface area (Å²) in [5.74, 6) is 1.000. The summed E-state index contributed by atoms with van der Waals surface area (Å²) in [5, 5.41) is 9.42. The van der Waals surface area contributed by atoms with Crippen LogP contribution in [0.4, 0.5) is 0 Å². The fourth-order valence-corrected chi connectivity index (χ4v) is 3.30. The van der Waals surface area contributed by atoms with Gasteiger partial charge in [0.2, 0.25) is 0 Å². The SMILES string of the molecule is CCNC(=NCCCNC(=O)c1occc1C)NCCOC1CCCCCC1.I. The van der Waals surface area contributed by atoms with Crippen molar-refractivity contribution < 1.29 is 13.9 Å². The number of hydrogen-bond donors (Lipinski definition) is 3. The first kappa shape index (κ1) is 25.7. The van der Waals surface area contributed by atoms with E-state index in [0.717, 1.165) is 31.0 Å². The maximum absolute atomic E-state index is 12.0. The molecule has 166 valence electrons. The zero-order valence-electron chi connectivity index (χ0n) is 17.8. The Hall–Kier alpha value is -1.29. The van der Waals surface area contributed by atoms with Gasteiger partial charge in [-0.05, 0) is 39.2 Å². The Morgan fingerprint density at radius 2 is 1.93 bits per heavy atom. The number of carbonyl (C=O) groups is 1. The molecular formula is C21H37IN4O3. The minimum absolute atomic E-state index is 0. The Balaban J connectivity index is 0.00000420. The number of carbonyl (C=O) groups excluding carboxylic acids is 1. The summed E-state index contributed by atoms with van der Waals surface area (Å²) in [5.41, 5.74) is 0.847. The number of hydrogen-bond acceptors (Lipinski definition) is 4. The fraction of sp³-hybridized carbons (Fsp3) is 0.714. The zero-order valence-corrected chi connectivity index (χ0v) is 20.1. The molecule has 1 aromatic heterocycles. The molecule has 2 rings (SSSR count). The molecular weight excluding hydrogens is 483 g/mol. The standard InChI is InChI=1S/C21H36N4O3.HI/c1-3-22-21(25-14-16-27-18-9-6-4-5-7-10-18)24-13-8-12-23-20(26)19-17(2)11-15-28-19;/h11,15,18H,3-10,12-14,16H2,1-2H3,(H,23,26)(H2,22,24,25);1H. The third-order valence-corrected chi connectivity index (χ3v) is 4.85. The summed E-state index contributed by atoms with van der Waals surface area (Å²) in [6.45, 7) is 7.36. The first-order valence-corrected chi connectivity index (χ1v) is 10.7. The van der Waals surface area contributed by atoms with Gasteiger partial charge in [0.1, 0.15) is 0 Å². The van der Waals surface area contributed by atoms with Gasteiger partial charge >= 0.3 is 0 Å². The van der Waals surface area contributed by atoms with Crippen LogP contribution in [-0.2, 0) is 4.74 Å². The molecule has 7 nitrogen and oxygen atoms in total. The molecule has 1 aliphatic rings. The zero-order chi connectivity index (χ0) is 20.0. The molecule has 0 bridgehead atoms. The van der Waals surface area contributed by atoms with Gasteiger partial charge < -0.3 is 25.1 Å². The predicted octanol–water partition coefficient (Wildman–Crippen LogP) is 3.62. The van der Waals surface area contributed by atoms with Crippen LogP contribution in [0.3, 0.4) is 0 Å². The summed E-state index contributed by atoms with van der Waals surface area (Å²) >= 11 is 0. The van der Waals surface area contributed by atoms with E-state index in [1.165, 1.54) is 44.8 Å². The number of rotatable bonds is 10. The van der Waals surface area contributed by atoms with Crippen LogP contribution in [0.25, 0.3) is 0 Å². The molecule has 1 aliphatic carbocycles. The van der Waals surface area contributed by atoms with E-state index in [-0.39, 0.29) is 29.9 Å². The molecule has 1 saturated carbocycles. The van der Waals surface area contributed by atoms with Crippen molar-refractivity contribution in [2.24, 2.45) is 4.99 Å². The normalized spacial score (nSPS) is 15.3. The van der Waals surface area contributed by atoms with Crippen LogP contribution >= 0.6 is 24.0 Å². The van der Waals surface area contributed by atoms with E-state index in [0.29, 0.717) is 31.6 Å². The van der Waals surface area contributed by atoms with Crippen LogP contribution < -0.4 is 16.0 Å². The molecule has 29 heavy (non-hydrogen) atoms. The number of furan rings is 1. The Morgan fingerprint density at radius 1 is 1.17 bits per heavy atom. The molecule has 8 heteroatoms. The van der Waals surface area contributed by atoms with Gasteiger partial charge in [-0.1, -0.05) is 25.7 Å². The molecule has 1 fully saturated rings. The maximum Gasteiger partial charge on any atom is 0.287 e. The quantitative estimate of drug-likeness (QED) is 0.144. The van der Waals surface area contributed by atoms with E-state index >= 15 is 0 Å². The molecule has 0 unspecified atom stereocenters. The van der Waals surface area contributed by atoms with Crippen molar-refractivity contribution >= 4 is 35.8 Å². The predicted molar refractivity (Wildman–Crippen MR) is 127 cm³/mol. The highest BCUT2D eigenvalue weighted by atomic mass is 127. The lowest BCUT2D eigenvalue weighted by molar-refractivity contribution is 0.0468. The molecule has 0 aliphatic heterocycles. The minimum atomic E-state index is -0.174. The van der Waals surface area contributed by atoms with Crippen molar-refractivity contribution in [2.75, 3.05) is 32.8 Å². The molecule has 3 N–H and O–H groups in total. The molecule has 1 amide bonds. The van der Waals surface area contributed by atoms with E-state index in [1.54, 1.807) is 6.07 Å². The number of amides is 1. The molecule has 1 aromatic rings. The Morgan fingerprint density at radius 3 is 2.59 bits per heavy atom. The number of guanidine groups is 1. The van der Waals surface area contributed by atoms with Gasteiger partial charge in [0.15, 0.2) is 11.7 Å². The van der Waals surface area contributed by atoms with E-state index in [2.05, 4.69) is 20.9 Å². The van der Waals surface area contributed by atoms with Gasteiger partial charge in [-0.3, -0.25) is 9.79 Å². The van der Waals surface area contributed by atoms with Crippen LogP contribution in [0.2, 0.25) is 0 Å². The number of nitrogens with one attached hydrogen (secondary N) is 3. The largest absolute Gasteiger partial charge is 0.459 e. The van der Waals surface area contributed by atoms with E-state index in [4.69, 9.17) is 9.15 Å². The molecule has 0 atom stereocenters. The molecule has 0 radical (unpaired) electrons. The highest BCUT2D eigenvalue weighted by Gasteiger charge is 2.12. The second kappa shape index (κ2) is 15.5. The molecule has 0 aromatic carbocycles. The second-order valence-electron chi connectivity index (χ2n) is 7.21. The first-order valence-electron chi connectivity index (χ1n) is 10.7. The van der Waals surface area contributed by atoms with Crippen LogP contribution in [-0.4, -0.2) is 50.8 Å². The third-order valence-electron chi connectivity index (χ3n) is 4.85. The summed E-state index contributed by atoms with van der Waals surface area (Å²) in [6.07, 6.45) is 10.4. The van der Waals surface area contributed by atoms with Gasteiger partial charge in [0.25, 0.3) is 5.91 Å². The fourth-order valence-electron chi connectivity index (χ4n) is 3.30. The lowest BCUT2D eigenvalue weighted by Crippen LogP contribution is -2.39. The number of nitrogens with zero attached hydrogens (tertiary/aromatic N) is 1. The first-order chi connectivity index (χ1) is 13.7. The number of halogens is 1. The Kier molecular flexibility index (Phi) is 13.8. The number of aryl methyl sites for hydroxylation is 1. The highest BCUT2D eigenvalue weighted by molar-refractivity contribution is 14.0. The van der Waals surface area contributed by atoms with Crippen LogP contribution in [0.5, 0.6) is 0 Å². The Labute approximate surface area is 191 Å². The molecule has 0 spiro atoms. The monoisotopic (exact) mass is 520 g/mol. The van der Waals surface area contributed by atoms with Crippen molar-refractivity contribution in [1.29, 1.82) is 0 Å². The summed E-state index contributed by atoms with van der Waals surface area (Å²) in [6, 6.07) is 1.78. The summed E-state index contributed by atoms with van der Waals surface area (Å²) in [7, 11) is 0. The van der Waals surface area contributed by atoms with Crippen molar-refractivity contribution in [1.82, 2.24) is 16.0 Å². The Bertz CT molecular complexity index is 599. The van der Waals surface area contributed by atoms with Crippen molar-refractivity contribution in [3.05, 3.63) is 23.7 Å². The lowest BCUT2D eigenvalue weighted by atomic mass is 10.1. The van der Waals surface area contributed by atoms with Crippen molar-refractivity contribution in [3.8, 4) is 0 Å². The van der Waals surface area contributed by atoms with Crippen LogP contribution in [0.1, 0.15) is 68.0 Å². The highest BCUT2D eigenvalue weighted by Crippen LogP contribution is 2.19. The van der Waals surface area contributed by atoms with E-state index < -0.39 is 0 Å². The minimum Gasteiger partial charge on any atom is -0.459 e. The topological polar surface area (TPSA) is 87.9 Å². The van der Waals surface area contributed by atoms with Crippen LogP contribution in [0, 0.1) is 6.92 Å². The molecule has 0 saturated heterocycles. The summed E-state index contributed by atoms with van der Waals surface area (Å²) < 4.78 is 11.2. The maximum atomic E-state index is 12.0. The summed E-state index contributed by atoms with van der Waals surface area (Å²) in [4.78, 5) is 16.5. The lowest BCUT2D eigenvalue weighted by Gasteiger charge is -2.16. The second-order valence-corrected chi connectivity index (χ2v) is 7.21. The van der Waals surface area contributed by atoms with E-state index in [1.807, 2.05) is 13.8 Å². The number of ether oxygens (including phenoxy) is 1. The average Bonchev–Trinajstić information content (AvgIpc) is 2.95. The van der Waals surface area contributed by atoms with Crippen molar-refractivity contribution in [3.63, 3.8) is 0 Å². The van der Waals surface area contributed by atoms with Gasteiger partial charge in [-0.15, -0.1) is 24.0 Å². The van der Waals surface area contributed by atoms with Crippen LogP contribution in [0.15, 0.2) is 21.7 Å². The van der Waals surface area contributed by atoms with Gasteiger partial charge in [-0.2, -0.15) is 0 Å². The van der Waals surface area contributed by atoms with E-state index in [9.17, 15) is 4.79 Å². The van der Waals surface area contributed by atoms with Gasteiger partial charge in [0, 0.05) is 31.7 Å². The smallest absolute Gasteiger partial charge is 0.287 e.